The van der Waals surface area contributed by atoms with Crippen molar-refractivity contribution in [2.75, 3.05) is 19.6 Å². The van der Waals surface area contributed by atoms with Crippen LogP contribution in [0.25, 0.3) is 0 Å². The third kappa shape index (κ3) is 4.95. The van der Waals surface area contributed by atoms with Gasteiger partial charge >= 0.3 is 0 Å². The van der Waals surface area contributed by atoms with Gasteiger partial charge in [0, 0.05) is 12.1 Å². The fraction of sp³-hybridized carbons (Fsp3) is 0.435. The number of nitrogens with zero attached hydrogens (tertiary/aromatic N) is 1. The van der Waals surface area contributed by atoms with Gasteiger partial charge < -0.3 is 5.32 Å². The van der Waals surface area contributed by atoms with E-state index in [0.29, 0.717) is 6.54 Å². The van der Waals surface area contributed by atoms with Crippen LogP contribution in [0.1, 0.15) is 58.8 Å². The molecule has 0 unspecified atom stereocenters. The van der Waals surface area contributed by atoms with Crippen LogP contribution in [0.2, 0.25) is 0 Å². The molecule has 3 nitrogen and oxygen atoms in total. The van der Waals surface area contributed by atoms with Crippen LogP contribution in [0.15, 0.2) is 48.5 Å². The number of carbonyl (C=O) groups is 1. The largest absolute Gasteiger partial charge is 0.350 e. The predicted octanol–water partition coefficient (Wildman–Crippen LogP) is 4.65. The maximum absolute atomic E-state index is 12.6. The number of nitrogens with one attached hydrogen (secondary N) is 1. The summed E-state index contributed by atoms with van der Waals surface area (Å²) < 4.78 is 0. The van der Waals surface area contributed by atoms with Gasteiger partial charge in [0.1, 0.15) is 0 Å². The van der Waals surface area contributed by atoms with Gasteiger partial charge in [-0.25, -0.2) is 0 Å². The van der Waals surface area contributed by atoms with Gasteiger partial charge in [0.25, 0.3) is 5.91 Å². The molecule has 138 valence electrons. The minimum absolute atomic E-state index is 0.0145. The molecule has 2 aromatic carbocycles. The minimum atomic E-state index is 0.0145. The monoisotopic (exact) mass is 350 g/mol. The summed E-state index contributed by atoms with van der Waals surface area (Å²) in [6.07, 6.45) is 5.11. The molecule has 1 aliphatic heterocycles. The molecule has 0 saturated carbocycles. The van der Waals surface area contributed by atoms with Crippen LogP contribution >= 0.6 is 0 Å². The Kier molecular flexibility index (Phi) is 6.45. The normalized spacial score (nSPS) is 16.7. The molecule has 0 spiro atoms. The van der Waals surface area contributed by atoms with Crippen molar-refractivity contribution in [1.29, 1.82) is 0 Å². The summed E-state index contributed by atoms with van der Waals surface area (Å²) >= 11 is 0. The first-order valence-corrected chi connectivity index (χ1v) is 9.79. The second kappa shape index (κ2) is 9.00. The van der Waals surface area contributed by atoms with Crippen LogP contribution in [0.4, 0.5) is 0 Å². The number of hydrogen-bond acceptors (Lipinski definition) is 2. The highest BCUT2D eigenvalue weighted by Gasteiger charge is 2.22. The van der Waals surface area contributed by atoms with Crippen molar-refractivity contribution in [3.05, 3.63) is 70.8 Å². The van der Waals surface area contributed by atoms with E-state index in [0.717, 1.165) is 24.2 Å². The lowest BCUT2D eigenvalue weighted by Gasteiger charge is -2.31. The Hall–Kier alpha value is -2.13. The van der Waals surface area contributed by atoms with Crippen LogP contribution in [0.5, 0.6) is 0 Å². The molecule has 1 fully saturated rings. The molecule has 1 N–H and O–H groups in total. The lowest BCUT2D eigenvalue weighted by molar-refractivity contribution is 0.0933. The van der Waals surface area contributed by atoms with Crippen LogP contribution in [0.3, 0.4) is 0 Å². The quantitative estimate of drug-likeness (QED) is 0.851. The lowest BCUT2D eigenvalue weighted by Crippen LogP contribution is -2.38. The molecule has 1 amide bonds. The Bertz CT molecular complexity index is 715. The van der Waals surface area contributed by atoms with E-state index < -0.39 is 0 Å². The zero-order valence-electron chi connectivity index (χ0n) is 16.0. The second-order valence-electron chi connectivity index (χ2n) is 7.46. The van der Waals surface area contributed by atoms with Crippen molar-refractivity contribution in [2.45, 2.75) is 45.6 Å². The topological polar surface area (TPSA) is 32.3 Å². The second-order valence-corrected chi connectivity index (χ2v) is 7.46. The zero-order chi connectivity index (χ0) is 18.4. The van der Waals surface area contributed by atoms with Crippen LogP contribution in [0, 0.1) is 13.8 Å². The van der Waals surface area contributed by atoms with Crippen molar-refractivity contribution in [1.82, 2.24) is 10.2 Å². The Morgan fingerprint density at radius 1 is 0.962 bits per heavy atom. The number of aryl methyl sites for hydroxylation is 2. The number of hydrogen-bond donors (Lipinski definition) is 1. The molecule has 0 bridgehead atoms. The van der Waals surface area contributed by atoms with E-state index in [4.69, 9.17) is 0 Å². The first-order chi connectivity index (χ1) is 12.6. The summed E-state index contributed by atoms with van der Waals surface area (Å²) in [5.41, 5.74) is 4.41. The van der Waals surface area contributed by atoms with Gasteiger partial charge in [-0.3, -0.25) is 9.69 Å². The molecule has 1 aliphatic rings. The van der Waals surface area contributed by atoms with Gasteiger partial charge in [0.2, 0.25) is 0 Å². The number of benzene rings is 2. The zero-order valence-corrected chi connectivity index (χ0v) is 16.0. The Balaban J connectivity index is 1.74. The molecule has 0 aliphatic carbocycles. The molecule has 1 atom stereocenters. The summed E-state index contributed by atoms with van der Waals surface area (Å²) in [6, 6.07) is 16.8. The molecule has 3 rings (SSSR count). The number of rotatable bonds is 5. The molecular weight excluding hydrogens is 320 g/mol. The average Bonchev–Trinajstić information content (AvgIpc) is 2.92. The first-order valence-electron chi connectivity index (χ1n) is 9.79. The van der Waals surface area contributed by atoms with E-state index in [2.05, 4.69) is 41.4 Å². The highest BCUT2D eigenvalue weighted by Crippen LogP contribution is 2.24. The third-order valence-corrected chi connectivity index (χ3v) is 5.28. The fourth-order valence-electron chi connectivity index (χ4n) is 3.73. The van der Waals surface area contributed by atoms with Crippen molar-refractivity contribution in [3.63, 3.8) is 0 Å². The summed E-state index contributed by atoms with van der Waals surface area (Å²) in [5, 5.41) is 3.18. The summed E-state index contributed by atoms with van der Waals surface area (Å²) in [4.78, 5) is 15.2. The van der Waals surface area contributed by atoms with E-state index in [1.165, 1.54) is 36.8 Å². The standard InChI is InChI=1S/C23H30N2O/c1-18-10-12-20(13-11-18)22(25-14-5-3-4-6-15-25)17-24-23(26)21-9-7-8-19(2)16-21/h7-13,16,22H,3-6,14-15,17H2,1-2H3,(H,24,26)/t22-/m0/s1. The minimum Gasteiger partial charge on any atom is -0.350 e. The van der Waals surface area contributed by atoms with Crippen molar-refractivity contribution in [2.24, 2.45) is 0 Å². The van der Waals surface area contributed by atoms with Gasteiger partial charge in [-0.15, -0.1) is 0 Å². The molecule has 26 heavy (non-hydrogen) atoms. The van der Waals surface area contributed by atoms with Crippen LogP contribution in [-0.2, 0) is 0 Å². The maximum Gasteiger partial charge on any atom is 0.251 e. The van der Waals surface area contributed by atoms with E-state index in [1.54, 1.807) is 0 Å². The molecule has 0 aromatic heterocycles. The molecule has 3 heteroatoms. The van der Waals surface area contributed by atoms with E-state index in [9.17, 15) is 4.79 Å². The van der Waals surface area contributed by atoms with Crippen molar-refractivity contribution >= 4 is 5.91 Å². The van der Waals surface area contributed by atoms with E-state index >= 15 is 0 Å². The van der Waals surface area contributed by atoms with Crippen LogP contribution < -0.4 is 5.32 Å². The van der Waals surface area contributed by atoms with Crippen LogP contribution in [-0.4, -0.2) is 30.4 Å². The number of carbonyl (C=O) groups excluding carboxylic acids is 1. The number of amides is 1. The molecule has 1 heterocycles. The van der Waals surface area contributed by atoms with Gasteiger partial charge in [0.05, 0.1) is 6.04 Å². The molecule has 0 radical (unpaired) electrons. The summed E-state index contributed by atoms with van der Waals surface area (Å²) in [6.45, 7) is 7.00. The van der Waals surface area contributed by atoms with Gasteiger partial charge in [0.15, 0.2) is 0 Å². The Morgan fingerprint density at radius 2 is 1.65 bits per heavy atom. The van der Waals surface area contributed by atoms with E-state index in [1.807, 2.05) is 31.2 Å². The average molecular weight is 351 g/mol. The molecule has 1 saturated heterocycles. The highest BCUT2D eigenvalue weighted by molar-refractivity contribution is 5.94. The predicted molar refractivity (Wildman–Crippen MR) is 107 cm³/mol. The van der Waals surface area contributed by atoms with Gasteiger partial charge in [-0.2, -0.15) is 0 Å². The van der Waals surface area contributed by atoms with Crippen molar-refractivity contribution < 1.29 is 4.79 Å². The van der Waals surface area contributed by atoms with Gasteiger partial charge in [-0.05, 0) is 57.5 Å². The smallest absolute Gasteiger partial charge is 0.251 e. The maximum atomic E-state index is 12.6. The number of likely N-dealkylation sites (tertiary alicyclic amines) is 1. The Morgan fingerprint density at radius 3 is 2.31 bits per heavy atom. The SMILES string of the molecule is Cc1ccc([C@H](CNC(=O)c2cccc(C)c2)N2CCCCCC2)cc1. The highest BCUT2D eigenvalue weighted by atomic mass is 16.1. The molecular formula is C23H30N2O. The first kappa shape index (κ1) is 18.7. The Labute approximate surface area is 157 Å². The lowest BCUT2D eigenvalue weighted by atomic mass is 10.0. The van der Waals surface area contributed by atoms with E-state index in [-0.39, 0.29) is 11.9 Å². The summed E-state index contributed by atoms with van der Waals surface area (Å²) in [5.74, 6) is 0.0145. The molecule has 2 aromatic rings. The third-order valence-electron chi connectivity index (χ3n) is 5.28. The summed E-state index contributed by atoms with van der Waals surface area (Å²) in [7, 11) is 0. The fourth-order valence-corrected chi connectivity index (χ4v) is 3.73. The van der Waals surface area contributed by atoms with Gasteiger partial charge in [-0.1, -0.05) is 60.4 Å². The van der Waals surface area contributed by atoms with Crippen molar-refractivity contribution in [3.8, 4) is 0 Å².